The summed E-state index contributed by atoms with van der Waals surface area (Å²) in [6.45, 7) is 3.60. The minimum absolute atomic E-state index is 0.0655. The SMILES string of the molecule is CO[C@H]1CS(=O)(=O)C[C@H](OC)[C@H]2OC(C)(C)O[C@@H]21. The molecule has 2 saturated heterocycles. The van der Waals surface area contributed by atoms with Crippen molar-refractivity contribution >= 4 is 9.84 Å². The number of sulfone groups is 1. The van der Waals surface area contributed by atoms with Gasteiger partial charge in [-0.15, -0.1) is 0 Å². The molecule has 2 heterocycles. The predicted molar refractivity (Wildman–Crippen MR) is 64.1 cm³/mol. The average molecular weight is 280 g/mol. The van der Waals surface area contributed by atoms with Gasteiger partial charge in [0.2, 0.25) is 0 Å². The van der Waals surface area contributed by atoms with Gasteiger partial charge in [0.25, 0.3) is 0 Å². The van der Waals surface area contributed by atoms with Crippen molar-refractivity contribution in [2.45, 2.75) is 44.1 Å². The summed E-state index contributed by atoms with van der Waals surface area (Å²) in [6.07, 6.45) is -1.90. The molecule has 2 fully saturated rings. The molecule has 0 saturated carbocycles. The average Bonchev–Trinajstić information content (AvgIpc) is 2.54. The van der Waals surface area contributed by atoms with Crippen LogP contribution in [-0.4, -0.2) is 64.3 Å². The normalized spacial score (nSPS) is 42.2. The van der Waals surface area contributed by atoms with Gasteiger partial charge in [0.15, 0.2) is 15.6 Å². The van der Waals surface area contributed by atoms with Gasteiger partial charge in [0.1, 0.15) is 12.2 Å². The van der Waals surface area contributed by atoms with Crippen LogP contribution in [0.1, 0.15) is 13.8 Å². The van der Waals surface area contributed by atoms with Gasteiger partial charge in [-0.05, 0) is 13.8 Å². The molecule has 0 unspecified atom stereocenters. The summed E-state index contributed by atoms with van der Waals surface area (Å²) in [7, 11) is -0.261. The summed E-state index contributed by atoms with van der Waals surface area (Å²) in [5, 5.41) is 0. The minimum Gasteiger partial charge on any atom is -0.378 e. The van der Waals surface area contributed by atoms with E-state index in [1.807, 2.05) is 0 Å². The topological polar surface area (TPSA) is 71.1 Å². The maximum absolute atomic E-state index is 11.9. The van der Waals surface area contributed by atoms with Crippen LogP contribution in [0.25, 0.3) is 0 Å². The Hall–Kier alpha value is -0.210. The van der Waals surface area contributed by atoms with Crippen molar-refractivity contribution in [1.29, 1.82) is 0 Å². The quantitative estimate of drug-likeness (QED) is 0.707. The van der Waals surface area contributed by atoms with Crippen molar-refractivity contribution in [3.63, 3.8) is 0 Å². The van der Waals surface area contributed by atoms with Gasteiger partial charge in [0, 0.05) is 14.2 Å². The van der Waals surface area contributed by atoms with Crippen LogP contribution in [0.5, 0.6) is 0 Å². The molecule has 0 aliphatic carbocycles. The maximum Gasteiger partial charge on any atom is 0.164 e. The molecule has 18 heavy (non-hydrogen) atoms. The van der Waals surface area contributed by atoms with Gasteiger partial charge in [-0.25, -0.2) is 8.42 Å². The van der Waals surface area contributed by atoms with Crippen LogP contribution in [0.15, 0.2) is 0 Å². The lowest BCUT2D eigenvalue weighted by Crippen LogP contribution is -2.43. The largest absolute Gasteiger partial charge is 0.378 e. The number of ether oxygens (including phenoxy) is 4. The van der Waals surface area contributed by atoms with Crippen LogP contribution in [0.2, 0.25) is 0 Å². The maximum atomic E-state index is 11.9. The van der Waals surface area contributed by atoms with Crippen molar-refractivity contribution in [3.8, 4) is 0 Å². The first-order chi connectivity index (χ1) is 8.28. The van der Waals surface area contributed by atoms with Crippen LogP contribution in [0.4, 0.5) is 0 Å². The van der Waals surface area contributed by atoms with Crippen LogP contribution < -0.4 is 0 Å². The third-order valence-electron chi connectivity index (χ3n) is 3.34. The third-order valence-corrected chi connectivity index (χ3v) is 5.01. The van der Waals surface area contributed by atoms with E-state index < -0.39 is 40.0 Å². The van der Waals surface area contributed by atoms with Gasteiger partial charge in [-0.2, -0.15) is 0 Å². The Morgan fingerprint density at radius 3 is 1.72 bits per heavy atom. The number of hydrogen-bond acceptors (Lipinski definition) is 6. The first-order valence-electron chi connectivity index (χ1n) is 5.89. The van der Waals surface area contributed by atoms with E-state index in [0.29, 0.717) is 0 Å². The number of hydrogen-bond donors (Lipinski definition) is 0. The fourth-order valence-electron chi connectivity index (χ4n) is 2.55. The lowest BCUT2D eigenvalue weighted by Gasteiger charge is -2.24. The van der Waals surface area contributed by atoms with Gasteiger partial charge >= 0.3 is 0 Å². The monoisotopic (exact) mass is 280 g/mol. The summed E-state index contributed by atoms with van der Waals surface area (Å²) >= 11 is 0. The lowest BCUT2D eigenvalue weighted by molar-refractivity contribution is -0.161. The number of rotatable bonds is 2. The highest BCUT2D eigenvalue weighted by Crippen LogP contribution is 2.35. The molecule has 2 aliphatic heterocycles. The highest BCUT2D eigenvalue weighted by molar-refractivity contribution is 7.91. The van der Waals surface area contributed by atoms with Crippen molar-refractivity contribution in [1.82, 2.24) is 0 Å². The molecule has 0 bridgehead atoms. The van der Waals surface area contributed by atoms with E-state index in [1.165, 1.54) is 14.2 Å². The highest BCUT2D eigenvalue weighted by atomic mass is 32.2. The van der Waals surface area contributed by atoms with E-state index in [4.69, 9.17) is 18.9 Å². The summed E-state index contributed by atoms with van der Waals surface area (Å²) in [5.74, 6) is -0.877. The second-order valence-electron chi connectivity index (χ2n) is 5.19. The molecule has 106 valence electrons. The Bertz CT molecular complexity index is 374. The predicted octanol–water partition coefficient (Wildman–Crippen LogP) is -0.0351. The smallest absolute Gasteiger partial charge is 0.164 e. The second kappa shape index (κ2) is 4.72. The molecule has 0 aromatic carbocycles. The Kier molecular flexibility index (Phi) is 3.72. The fraction of sp³-hybridized carbons (Fsp3) is 1.00. The summed E-state index contributed by atoms with van der Waals surface area (Å²) in [5.41, 5.74) is 0. The Morgan fingerprint density at radius 2 is 1.39 bits per heavy atom. The molecule has 0 amide bonds. The summed E-state index contributed by atoms with van der Waals surface area (Å²) in [6, 6.07) is 0. The Balaban J connectivity index is 2.33. The van der Waals surface area contributed by atoms with Crippen LogP contribution in [-0.2, 0) is 28.8 Å². The van der Waals surface area contributed by atoms with Crippen molar-refractivity contribution in [3.05, 3.63) is 0 Å². The number of fused-ring (bicyclic) bond motifs is 1. The summed E-state index contributed by atoms with van der Waals surface area (Å²) < 4.78 is 45.9. The van der Waals surface area contributed by atoms with E-state index in [9.17, 15) is 8.42 Å². The third kappa shape index (κ3) is 2.70. The van der Waals surface area contributed by atoms with Crippen molar-refractivity contribution < 1.29 is 27.4 Å². The molecule has 7 heteroatoms. The standard InChI is InChI=1S/C11H20O6S/c1-11(2)16-9-7(14-3)5-18(12,13)6-8(15-4)10(9)17-11/h7-10H,5-6H2,1-4H3/t7-,8-,9+,10+/m0/s1. The lowest BCUT2D eigenvalue weighted by atomic mass is 10.1. The second-order valence-corrected chi connectivity index (χ2v) is 7.34. The molecule has 0 aromatic heterocycles. The van der Waals surface area contributed by atoms with E-state index in [1.54, 1.807) is 13.8 Å². The highest BCUT2D eigenvalue weighted by Gasteiger charge is 2.52. The van der Waals surface area contributed by atoms with E-state index >= 15 is 0 Å². The molecular weight excluding hydrogens is 260 g/mol. The molecule has 0 N–H and O–H groups in total. The van der Waals surface area contributed by atoms with Gasteiger partial charge < -0.3 is 18.9 Å². The summed E-state index contributed by atoms with van der Waals surface area (Å²) in [4.78, 5) is 0. The Labute approximate surface area is 107 Å². The van der Waals surface area contributed by atoms with E-state index in [-0.39, 0.29) is 11.5 Å². The van der Waals surface area contributed by atoms with Gasteiger partial charge in [-0.1, -0.05) is 0 Å². The molecule has 0 aromatic rings. The molecule has 0 radical (unpaired) electrons. The van der Waals surface area contributed by atoms with Crippen LogP contribution in [0, 0.1) is 0 Å². The molecule has 4 atom stereocenters. The molecule has 0 spiro atoms. The van der Waals surface area contributed by atoms with E-state index in [2.05, 4.69) is 0 Å². The zero-order valence-corrected chi connectivity index (χ0v) is 11.9. The van der Waals surface area contributed by atoms with E-state index in [0.717, 1.165) is 0 Å². The molecule has 6 nitrogen and oxygen atoms in total. The van der Waals surface area contributed by atoms with Crippen molar-refractivity contribution in [2.75, 3.05) is 25.7 Å². The number of methoxy groups -OCH3 is 2. The zero-order valence-electron chi connectivity index (χ0n) is 11.1. The zero-order chi connectivity index (χ0) is 13.6. The first-order valence-corrected chi connectivity index (χ1v) is 7.72. The Morgan fingerprint density at radius 1 is 1.00 bits per heavy atom. The van der Waals surface area contributed by atoms with Crippen molar-refractivity contribution in [2.24, 2.45) is 0 Å². The molecule has 2 rings (SSSR count). The fourth-order valence-corrected chi connectivity index (χ4v) is 4.34. The molecule has 2 aliphatic rings. The van der Waals surface area contributed by atoms with Crippen LogP contribution in [0.3, 0.4) is 0 Å². The first kappa shape index (κ1) is 14.2. The van der Waals surface area contributed by atoms with Gasteiger partial charge in [-0.3, -0.25) is 0 Å². The van der Waals surface area contributed by atoms with Gasteiger partial charge in [0.05, 0.1) is 23.7 Å². The molecular formula is C11H20O6S. The minimum atomic E-state index is -3.23. The van der Waals surface area contributed by atoms with Crippen LogP contribution >= 0.6 is 0 Å².